The molecule has 1 rings (SSSR count). The Morgan fingerprint density at radius 1 is 1.29 bits per heavy atom. The Bertz CT molecular complexity index is 475. The van der Waals surface area contributed by atoms with Gasteiger partial charge in [-0.15, -0.1) is 0 Å². The predicted molar refractivity (Wildman–Crippen MR) is 87.2 cm³/mol. The molecule has 0 unspecified atom stereocenters. The summed E-state index contributed by atoms with van der Waals surface area (Å²) >= 11 is 0. The fraction of sp³-hybridized carbons (Fsp3) is 0.750. The van der Waals surface area contributed by atoms with Crippen LogP contribution >= 0.6 is 0 Å². The number of aromatic nitrogens is 2. The first-order chi connectivity index (χ1) is 9.87. The van der Waals surface area contributed by atoms with Crippen LogP contribution in [0.25, 0.3) is 0 Å². The zero-order chi connectivity index (χ0) is 16.2. The second kappa shape index (κ2) is 7.48. The third-order valence-electron chi connectivity index (χ3n) is 3.90. The van der Waals surface area contributed by atoms with Crippen molar-refractivity contribution in [1.82, 2.24) is 14.7 Å². The van der Waals surface area contributed by atoms with Gasteiger partial charge in [0.25, 0.3) is 5.91 Å². The Morgan fingerprint density at radius 2 is 1.86 bits per heavy atom. The molecular formula is C16H30N4O. The minimum Gasteiger partial charge on any atom is -0.395 e. The van der Waals surface area contributed by atoms with Crippen LogP contribution < -0.4 is 5.73 Å². The van der Waals surface area contributed by atoms with E-state index < -0.39 is 0 Å². The van der Waals surface area contributed by atoms with Crippen molar-refractivity contribution in [2.45, 2.75) is 59.9 Å². The van der Waals surface area contributed by atoms with Gasteiger partial charge in [-0.2, -0.15) is 5.10 Å². The largest absolute Gasteiger partial charge is 0.395 e. The van der Waals surface area contributed by atoms with Crippen molar-refractivity contribution in [2.24, 2.45) is 13.0 Å². The molecule has 0 saturated carbocycles. The molecule has 120 valence electrons. The molecule has 5 nitrogen and oxygen atoms in total. The van der Waals surface area contributed by atoms with E-state index in [-0.39, 0.29) is 11.9 Å². The van der Waals surface area contributed by atoms with Crippen molar-refractivity contribution in [1.29, 1.82) is 0 Å². The monoisotopic (exact) mass is 294 g/mol. The van der Waals surface area contributed by atoms with Gasteiger partial charge in [0.2, 0.25) is 0 Å². The summed E-state index contributed by atoms with van der Waals surface area (Å²) in [4.78, 5) is 15.0. The van der Waals surface area contributed by atoms with Crippen LogP contribution in [0, 0.1) is 5.92 Å². The highest BCUT2D eigenvalue weighted by atomic mass is 16.2. The van der Waals surface area contributed by atoms with Crippen molar-refractivity contribution in [3.05, 3.63) is 11.4 Å². The van der Waals surface area contributed by atoms with Crippen LogP contribution in [-0.4, -0.2) is 33.2 Å². The number of anilines is 1. The van der Waals surface area contributed by atoms with Gasteiger partial charge >= 0.3 is 0 Å². The molecule has 0 aromatic carbocycles. The maximum Gasteiger partial charge on any atom is 0.274 e. The van der Waals surface area contributed by atoms with E-state index in [4.69, 9.17) is 5.73 Å². The third-order valence-corrected chi connectivity index (χ3v) is 3.90. The normalized spacial score (nSPS) is 11.4. The number of nitrogens with zero attached hydrogens (tertiary/aromatic N) is 3. The average Bonchev–Trinajstić information content (AvgIpc) is 2.72. The van der Waals surface area contributed by atoms with E-state index in [1.807, 2.05) is 11.8 Å². The lowest BCUT2D eigenvalue weighted by Gasteiger charge is -2.32. The summed E-state index contributed by atoms with van der Waals surface area (Å²) < 4.78 is 1.63. The minimum atomic E-state index is 0.00426. The molecule has 0 aliphatic heterocycles. The van der Waals surface area contributed by atoms with E-state index in [9.17, 15) is 4.79 Å². The Hall–Kier alpha value is -1.52. The number of nitrogen functional groups attached to an aromatic ring is 1. The molecule has 0 atom stereocenters. The number of aryl methyl sites for hydroxylation is 2. The van der Waals surface area contributed by atoms with Crippen LogP contribution in [0.3, 0.4) is 0 Å². The van der Waals surface area contributed by atoms with Gasteiger partial charge in [0.1, 0.15) is 5.69 Å². The highest BCUT2D eigenvalue weighted by molar-refractivity contribution is 5.98. The summed E-state index contributed by atoms with van der Waals surface area (Å²) in [6, 6.07) is 0.249. The van der Waals surface area contributed by atoms with E-state index in [1.165, 1.54) is 0 Å². The molecule has 0 aliphatic carbocycles. The van der Waals surface area contributed by atoms with E-state index in [2.05, 4.69) is 32.8 Å². The molecule has 1 aromatic heterocycles. The number of hydrogen-bond donors (Lipinski definition) is 1. The first-order valence-corrected chi connectivity index (χ1v) is 7.99. The highest BCUT2D eigenvalue weighted by Gasteiger charge is 2.28. The van der Waals surface area contributed by atoms with Crippen molar-refractivity contribution in [2.75, 3.05) is 12.3 Å². The Labute approximate surface area is 128 Å². The second-order valence-corrected chi connectivity index (χ2v) is 6.01. The van der Waals surface area contributed by atoms with Gasteiger partial charge in [0, 0.05) is 19.6 Å². The molecule has 21 heavy (non-hydrogen) atoms. The fourth-order valence-corrected chi connectivity index (χ4v) is 2.77. The quantitative estimate of drug-likeness (QED) is 0.841. The first-order valence-electron chi connectivity index (χ1n) is 7.99. The highest BCUT2D eigenvalue weighted by Crippen LogP contribution is 2.22. The summed E-state index contributed by atoms with van der Waals surface area (Å²) in [7, 11) is 1.79. The lowest BCUT2D eigenvalue weighted by atomic mass is 10.1. The maximum atomic E-state index is 13.0. The topological polar surface area (TPSA) is 64.2 Å². The first kappa shape index (κ1) is 17.5. The van der Waals surface area contributed by atoms with Gasteiger partial charge in [-0.3, -0.25) is 9.48 Å². The Balaban J connectivity index is 3.19. The molecule has 0 fully saturated rings. The summed E-state index contributed by atoms with van der Waals surface area (Å²) in [5.41, 5.74) is 8.00. The lowest BCUT2D eigenvalue weighted by Crippen LogP contribution is -2.43. The zero-order valence-corrected chi connectivity index (χ0v) is 14.3. The van der Waals surface area contributed by atoms with Crippen LogP contribution in [0.4, 0.5) is 5.69 Å². The van der Waals surface area contributed by atoms with Crippen molar-refractivity contribution in [3.8, 4) is 0 Å². The number of carbonyl (C=O) groups excluding carboxylic acids is 1. The summed E-state index contributed by atoms with van der Waals surface area (Å²) in [6.45, 7) is 11.3. The van der Waals surface area contributed by atoms with Crippen LogP contribution in [0.5, 0.6) is 0 Å². The number of amides is 1. The molecule has 1 aromatic rings. The molecule has 2 N–H and O–H groups in total. The van der Waals surface area contributed by atoms with Gasteiger partial charge in [-0.25, -0.2) is 0 Å². The standard InChI is InChI=1S/C16H30N4O/c1-7-12(8-2)20(10-11(4)5)16(21)15-14(17)13(9-3)18-19(15)6/h11-12H,7-10,17H2,1-6H3. The third kappa shape index (κ3) is 3.77. The van der Waals surface area contributed by atoms with Gasteiger partial charge in [0.15, 0.2) is 0 Å². The fourth-order valence-electron chi connectivity index (χ4n) is 2.77. The van der Waals surface area contributed by atoms with Crippen LogP contribution in [-0.2, 0) is 13.5 Å². The smallest absolute Gasteiger partial charge is 0.274 e. The van der Waals surface area contributed by atoms with Crippen molar-refractivity contribution in [3.63, 3.8) is 0 Å². The molecule has 0 saturated heterocycles. The molecule has 1 heterocycles. The van der Waals surface area contributed by atoms with E-state index in [0.29, 0.717) is 17.3 Å². The molecule has 0 spiro atoms. The van der Waals surface area contributed by atoms with Crippen LogP contribution in [0.2, 0.25) is 0 Å². The average molecular weight is 294 g/mol. The van der Waals surface area contributed by atoms with Gasteiger partial charge < -0.3 is 10.6 Å². The van der Waals surface area contributed by atoms with E-state index >= 15 is 0 Å². The second-order valence-electron chi connectivity index (χ2n) is 6.01. The summed E-state index contributed by atoms with van der Waals surface area (Å²) in [5.74, 6) is 0.430. The molecule has 0 aliphatic rings. The maximum absolute atomic E-state index is 13.0. The number of rotatable bonds is 7. The number of hydrogen-bond acceptors (Lipinski definition) is 3. The van der Waals surface area contributed by atoms with Gasteiger partial charge in [0.05, 0.1) is 11.4 Å². The zero-order valence-electron chi connectivity index (χ0n) is 14.3. The minimum absolute atomic E-state index is 0.00426. The van der Waals surface area contributed by atoms with E-state index in [0.717, 1.165) is 31.5 Å². The van der Waals surface area contributed by atoms with Crippen LogP contribution in [0.1, 0.15) is 63.6 Å². The SMILES string of the molecule is CCc1nn(C)c(C(=O)N(CC(C)C)C(CC)CC)c1N. The van der Waals surface area contributed by atoms with Crippen molar-refractivity contribution >= 4 is 11.6 Å². The van der Waals surface area contributed by atoms with Gasteiger partial charge in [-0.05, 0) is 25.2 Å². The Morgan fingerprint density at radius 3 is 2.24 bits per heavy atom. The summed E-state index contributed by atoms with van der Waals surface area (Å²) in [5, 5.41) is 4.37. The molecule has 1 amide bonds. The van der Waals surface area contributed by atoms with Gasteiger partial charge in [-0.1, -0.05) is 34.6 Å². The molecular weight excluding hydrogens is 264 g/mol. The predicted octanol–water partition coefficient (Wildman–Crippen LogP) is 2.85. The summed E-state index contributed by atoms with van der Waals surface area (Å²) in [6.07, 6.45) is 2.64. The van der Waals surface area contributed by atoms with E-state index in [1.54, 1.807) is 11.7 Å². The molecule has 5 heteroatoms. The molecule has 0 bridgehead atoms. The number of carbonyl (C=O) groups is 1. The van der Waals surface area contributed by atoms with Crippen LogP contribution in [0.15, 0.2) is 0 Å². The van der Waals surface area contributed by atoms with Crippen molar-refractivity contribution < 1.29 is 4.79 Å². The Kier molecular flexibility index (Phi) is 6.24. The number of nitrogens with two attached hydrogens (primary N) is 1. The molecule has 0 radical (unpaired) electrons. The lowest BCUT2D eigenvalue weighted by molar-refractivity contribution is 0.0630.